The molecule has 0 unspecified atom stereocenters. The number of alkyl carbamates (subject to hydrolysis) is 1. The van der Waals surface area contributed by atoms with Crippen molar-refractivity contribution in [2.24, 2.45) is 5.16 Å². The Balaban J connectivity index is 1.91. The molecule has 0 aromatic heterocycles. The Morgan fingerprint density at radius 1 is 1.11 bits per heavy atom. The lowest BCUT2D eigenvalue weighted by molar-refractivity contribution is -0.143. The molecule has 3 N–H and O–H groups in total. The molecule has 14 heteroatoms. The summed E-state index contributed by atoms with van der Waals surface area (Å²) in [6, 6.07) is 3.75. The molecule has 0 saturated carbocycles. The average Bonchev–Trinajstić information content (AvgIpc) is 3.43. The van der Waals surface area contributed by atoms with Gasteiger partial charge < -0.3 is 35.2 Å². The van der Waals surface area contributed by atoms with Crippen LogP contribution in [-0.4, -0.2) is 96.8 Å². The molecule has 0 aliphatic carbocycles. The molecule has 2 fully saturated rings. The summed E-state index contributed by atoms with van der Waals surface area (Å²) in [7, 11) is 1.35. The lowest BCUT2D eigenvalue weighted by Crippen LogP contribution is -2.57. The van der Waals surface area contributed by atoms with E-state index in [4.69, 9.17) is 25.9 Å². The number of fused-ring (bicyclic) bond motifs is 1. The third-order valence-electron chi connectivity index (χ3n) is 7.57. The smallest absolute Gasteiger partial charge is 0.408 e. The van der Waals surface area contributed by atoms with E-state index < -0.39 is 59.4 Å². The number of carbonyl (C=O) groups excluding carboxylic acids is 5. The van der Waals surface area contributed by atoms with Crippen molar-refractivity contribution in [2.75, 3.05) is 26.8 Å². The Kier molecular flexibility index (Phi) is 13.8. The lowest BCUT2D eigenvalue weighted by atomic mass is 10.0. The number of Topliss-reactive ketones (excluding diaryl/α,β-unsaturated/α-hetero) is 1. The van der Waals surface area contributed by atoms with Crippen LogP contribution in [-0.2, 0) is 33.5 Å². The van der Waals surface area contributed by atoms with Gasteiger partial charge in [-0.05, 0) is 52.7 Å². The number of rotatable bonds is 6. The molecule has 0 bridgehead atoms. The first-order valence-electron chi connectivity index (χ1n) is 15.7. The van der Waals surface area contributed by atoms with Gasteiger partial charge in [0, 0.05) is 30.7 Å². The van der Waals surface area contributed by atoms with Crippen LogP contribution in [0.1, 0.15) is 78.2 Å². The minimum Gasteiger partial charge on any atom is -0.444 e. The van der Waals surface area contributed by atoms with E-state index >= 15 is 0 Å². The summed E-state index contributed by atoms with van der Waals surface area (Å²) in [5.74, 6) is -2.79. The van der Waals surface area contributed by atoms with E-state index in [0.29, 0.717) is 23.8 Å². The highest BCUT2D eigenvalue weighted by molar-refractivity contribution is 6.38. The van der Waals surface area contributed by atoms with E-state index in [0.717, 1.165) is 31.2 Å². The molecule has 0 spiro atoms. The van der Waals surface area contributed by atoms with Gasteiger partial charge in [0.2, 0.25) is 17.6 Å². The van der Waals surface area contributed by atoms with Gasteiger partial charge in [-0.15, -0.1) is 0 Å². The third-order valence-corrected chi connectivity index (χ3v) is 7.80. The molecule has 0 radical (unpaired) electrons. The van der Waals surface area contributed by atoms with Crippen molar-refractivity contribution in [3.63, 3.8) is 0 Å². The molecular formula is C32H46ClN5O8. The van der Waals surface area contributed by atoms with Crippen molar-refractivity contribution in [3.05, 3.63) is 34.9 Å². The number of likely N-dealkylation sites (N-methyl/N-ethyl adjacent to an activating group) is 1. The van der Waals surface area contributed by atoms with Gasteiger partial charge in [0.25, 0.3) is 5.91 Å². The number of amides is 4. The van der Waals surface area contributed by atoms with Crippen LogP contribution in [0.2, 0.25) is 5.02 Å². The van der Waals surface area contributed by atoms with Crippen molar-refractivity contribution in [1.82, 2.24) is 20.9 Å². The first kappa shape index (κ1) is 36.8. The number of oxime groups is 1. The molecule has 1 aromatic rings. The van der Waals surface area contributed by atoms with E-state index in [1.807, 2.05) is 6.07 Å². The summed E-state index contributed by atoms with van der Waals surface area (Å²) < 4.78 is 11.2. The summed E-state index contributed by atoms with van der Waals surface area (Å²) in [6.45, 7) is 7.04. The fourth-order valence-corrected chi connectivity index (χ4v) is 5.40. The Hall–Kier alpha value is -3.71. The van der Waals surface area contributed by atoms with E-state index in [9.17, 15) is 24.0 Å². The fraction of sp³-hybridized carbons (Fsp3) is 0.625. The van der Waals surface area contributed by atoms with Gasteiger partial charge in [-0.2, -0.15) is 0 Å². The third kappa shape index (κ3) is 11.3. The number of ether oxygens (including phenoxy) is 2. The van der Waals surface area contributed by atoms with Crippen LogP contribution in [0.5, 0.6) is 0 Å². The first-order chi connectivity index (χ1) is 21.8. The highest BCUT2D eigenvalue weighted by Gasteiger charge is 2.44. The molecule has 2 saturated heterocycles. The molecule has 2 aliphatic rings. The van der Waals surface area contributed by atoms with Crippen LogP contribution in [0.4, 0.5) is 4.79 Å². The Morgan fingerprint density at radius 2 is 1.83 bits per heavy atom. The van der Waals surface area contributed by atoms with E-state index in [-0.39, 0.29) is 26.0 Å². The molecule has 3 rings (SSSR count). The number of ketones is 1. The predicted octanol–water partition coefficient (Wildman–Crippen LogP) is 3.11. The SMILES string of the molecule is CNC(=O)C(=O)[C@@H]1CCCCCCCOC[C@H](NC(=O)OC(C)(C)C)C(=O)N2C[C@H](O/N=C(\C)c3cccc(Cl)c3)C[C@H]2C(=O)N1. The Bertz CT molecular complexity index is 1280. The van der Waals surface area contributed by atoms with Gasteiger partial charge in [0.15, 0.2) is 0 Å². The topological polar surface area (TPSA) is 165 Å². The molecular weight excluding hydrogens is 618 g/mol. The van der Waals surface area contributed by atoms with Crippen molar-refractivity contribution >= 4 is 46.9 Å². The summed E-state index contributed by atoms with van der Waals surface area (Å²) in [5.41, 5.74) is 0.458. The number of nitrogens with one attached hydrogen (secondary N) is 3. The maximum atomic E-state index is 14.0. The molecule has 254 valence electrons. The standard InChI is InChI=1S/C32H46ClN5O8/c1-20(21-12-11-13-22(33)16-21)37-46-23-17-26-28(40)35-24(27(39)29(41)34-5)14-9-7-6-8-10-15-44-19-25(30(42)38(26)18-23)36-31(43)45-32(2,3)4/h11-13,16,23-26H,6-10,14-15,17-19H2,1-5H3,(H,34,41)(H,35,40)(H,36,43)/b37-20+/t23-,24+,25+,26+/m1/s1. The number of hydrogen-bond donors (Lipinski definition) is 3. The highest BCUT2D eigenvalue weighted by Crippen LogP contribution is 2.24. The Morgan fingerprint density at radius 3 is 2.52 bits per heavy atom. The van der Waals surface area contributed by atoms with E-state index in [2.05, 4.69) is 21.1 Å². The molecule has 2 aliphatic heterocycles. The molecule has 13 nitrogen and oxygen atoms in total. The number of benzene rings is 1. The van der Waals surface area contributed by atoms with Crippen molar-refractivity contribution in [1.29, 1.82) is 0 Å². The summed E-state index contributed by atoms with van der Waals surface area (Å²) >= 11 is 6.12. The van der Waals surface area contributed by atoms with Crippen LogP contribution in [0.3, 0.4) is 0 Å². The van der Waals surface area contributed by atoms with Gasteiger partial charge in [0.1, 0.15) is 23.8 Å². The quantitative estimate of drug-likeness (QED) is 0.237. The highest BCUT2D eigenvalue weighted by atomic mass is 35.5. The fourth-order valence-electron chi connectivity index (χ4n) is 5.21. The normalized spacial score (nSPS) is 24.0. The lowest BCUT2D eigenvalue weighted by Gasteiger charge is -2.30. The maximum absolute atomic E-state index is 14.0. The van der Waals surface area contributed by atoms with Gasteiger partial charge in [-0.1, -0.05) is 54.6 Å². The second-order valence-electron chi connectivity index (χ2n) is 12.5. The first-order valence-corrected chi connectivity index (χ1v) is 16.1. The Labute approximate surface area is 275 Å². The molecule has 4 amide bonds. The molecule has 1 aromatic carbocycles. The van der Waals surface area contributed by atoms with Crippen LogP contribution in [0.25, 0.3) is 0 Å². The second kappa shape index (κ2) is 17.3. The number of carbonyl (C=O) groups is 5. The zero-order chi connectivity index (χ0) is 33.9. The van der Waals surface area contributed by atoms with Gasteiger partial charge in [-0.25, -0.2) is 4.79 Å². The van der Waals surface area contributed by atoms with Crippen LogP contribution in [0.15, 0.2) is 29.4 Å². The van der Waals surface area contributed by atoms with Crippen molar-refractivity contribution < 1.29 is 38.3 Å². The maximum Gasteiger partial charge on any atom is 0.408 e. The molecule has 2 heterocycles. The summed E-state index contributed by atoms with van der Waals surface area (Å²) in [6.07, 6.45) is 2.66. The number of hydrogen-bond acceptors (Lipinski definition) is 9. The predicted molar refractivity (Wildman–Crippen MR) is 171 cm³/mol. The number of halogens is 1. The van der Waals surface area contributed by atoms with Crippen molar-refractivity contribution in [3.8, 4) is 0 Å². The summed E-state index contributed by atoms with van der Waals surface area (Å²) in [4.78, 5) is 72.8. The molecule has 46 heavy (non-hydrogen) atoms. The average molecular weight is 664 g/mol. The van der Waals surface area contributed by atoms with Gasteiger partial charge >= 0.3 is 6.09 Å². The number of nitrogens with zero attached hydrogens (tertiary/aromatic N) is 2. The van der Waals surface area contributed by atoms with Crippen LogP contribution in [0, 0.1) is 0 Å². The second-order valence-corrected chi connectivity index (χ2v) is 12.9. The zero-order valence-corrected chi connectivity index (χ0v) is 28.0. The van der Waals surface area contributed by atoms with Crippen LogP contribution >= 0.6 is 11.6 Å². The van der Waals surface area contributed by atoms with Gasteiger partial charge in [-0.3, -0.25) is 19.2 Å². The largest absolute Gasteiger partial charge is 0.444 e. The monoisotopic (exact) mass is 663 g/mol. The van der Waals surface area contributed by atoms with Gasteiger partial charge in [0.05, 0.1) is 24.9 Å². The summed E-state index contributed by atoms with van der Waals surface area (Å²) in [5, 5.41) is 12.4. The van der Waals surface area contributed by atoms with Crippen LogP contribution < -0.4 is 16.0 Å². The zero-order valence-electron chi connectivity index (χ0n) is 27.2. The minimum atomic E-state index is -1.17. The molecule has 4 atom stereocenters. The van der Waals surface area contributed by atoms with E-state index in [1.54, 1.807) is 45.9 Å². The van der Waals surface area contributed by atoms with Crippen molar-refractivity contribution in [2.45, 2.75) is 102 Å². The van der Waals surface area contributed by atoms with E-state index in [1.165, 1.54) is 11.9 Å². The minimum absolute atomic E-state index is 0.0379.